The van der Waals surface area contributed by atoms with Crippen LogP contribution in [0.4, 0.5) is 0 Å². The first-order chi connectivity index (χ1) is 10.1. The van der Waals surface area contributed by atoms with Crippen LogP contribution < -0.4 is 5.32 Å². The molecule has 0 aromatic heterocycles. The van der Waals surface area contributed by atoms with Crippen molar-refractivity contribution in [2.24, 2.45) is 5.92 Å². The Morgan fingerprint density at radius 1 is 1.23 bits per heavy atom. The van der Waals surface area contributed by atoms with Gasteiger partial charge in [0.15, 0.2) is 0 Å². The van der Waals surface area contributed by atoms with E-state index in [9.17, 15) is 9.59 Å². The second kappa shape index (κ2) is 11.7. The van der Waals surface area contributed by atoms with Gasteiger partial charge in [0.25, 0.3) is 0 Å². The number of likely N-dealkylation sites (tertiary alicyclic amines) is 1. The monoisotopic (exact) mass is 333 g/mol. The molecule has 1 saturated heterocycles. The molecule has 0 atom stereocenters. The van der Waals surface area contributed by atoms with Gasteiger partial charge in [-0.25, -0.2) is 0 Å². The van der Waals surface area contributed by atoms with Gasteiger partial charge in [-0.15, -0.1) is 12.4 Å². The second-order valence-electron chi connectivity index (χ2n) is 5.98. The molecule has 1 aliphatic heterocycles. The maximum Gasteiger partial charge on any atom is 0.225 e. The van der Waals surface area contributed by atoms with Gasteiger partial charge in [-0.1, -0.05) is 13.3 Å². The molecule has 22 heavy (non-hydrogen) atoms. The Hall–Kier alpha value is -0.810. The molecule has 1 heterocycles. The highest BCUT2D eigenvalue weighted by Crippen LogP contribution is 2.20. The first-order valence-corrected chi connectivity index (χ1v) is 8.27. The molecule has 0 unspecified atom stereocenters. The Morgan fingerprint density at radius 3 is 2.41 bits per heavy atom. The van der Waals surface area contributed by atoms with Gasteiger partial charge in [0.1, 0.15) is 0 Å². The number of carbonyl (C=O) groups is 2. The summed E-state index contributed by atoms with van der Waals surface area (Å²) < 4.78 is 0. The number of hydrogen-bond acceptors (Lipinski definition) is 3. The topological polar surface area (TPSA) is 52.7 Å². The van der Waals surface area contributed by atoms with E-state index in [1.807, 2.05) is 23.9 Å². The van der Waals surface area contributed by atoms with Gasteiger partial charge in [-0.3, -0.25) is 9.59 Å². The lowest BCUT2D eigenvalue weighted by molar-refractivity contribution is -0.140. The van der Waals surface area contributed by atoms with Crippen LogP contribution in [0.5, 0.6) is 0 Å². The van der Waals surface area contributed by atoms with Crippen molar-refractivity contribution < 1.29 is 9.59 Å². The van der Waals surface area contributed by atoms with Gasteiger partial charge >= 0.3 is 0 Å². The van der Waals surface area contributed by atoms with Gasteiger partial charge in [-0.2, -0.15) is 0 Å². The molecule has 2 amide bonds. The van der Waals surface area contributed by atoms with Crippen LogP contribution in [0.15, 0.2) is 0 Å². The van der Waals surface area contributed by atoms with E-state index < -0.39 is 0 Å². The van der Waals surface area contributed by atoms with E-state index in [1.165, 1.54) is 0 Å². The molecule has 0 radical (unpaired) electrons. The van der Waals surface area contributed by atoms with Crippen molar-refractivity contribution in [1.82, 2.24) is 15.1 Å². The van der Waals surface area contributed by atoms with Crippen molar-refractivity contribution in [3.05, 3.63) is 0 Å². The van der Waals surface area contributed by atoms with Crippen molar-refractivity contribution >= 4 is 24.2 Å². The minimum atomic E-state index is 0. The summed E-state index contributed by atoms with van der Waals surface area (Å²) in [5.41, 5.74) is 0. The molecule has 0 aromatic rings. The van der Waals surface area contributed by atoms with E-state index in [4.69, 9.17) is 0 Å². The molecule has 6 heteroatoms. The Morgan fingerprint density at radius 2 is 1.86 bits per heavy atom. The van der Waals surface area contributed by atoms with Gasteiger partial charge in [0.05, 0.1) is 0 Å². The van der Waals surface area contributed by atoms with Crippen LogP contribution in [0.25, 0.3) is 0 Å². The highest BCUT2D eigenvalue weighted by molar-refractivity contribution is 5.85. The quantitative estimate of drug-likeness (QED) is 0.690. The summed E-state index contributed by atoms with van der Waals surface area (Å²) in [6.07, 6.45) is 5.28. The van der Waals surface area contributed by atoms with Crippen molar-refractivity contribution in [3.8, 4) is 0 Å². The molecule has 1 fully saturated rings. The van der Waals surface area contributed by atoms with Crippen LogP contribution in [0.2, 0.25) is 0 Å². The van der Waals surface area contributed by atoms with E-state index >= 15 is 0 Å². The Labute approximate surface area is 141 Å². The predicted molar refractivity (Wildman–Crippen MR) is 92.3 cm³/mol. The Kier molecular flexibility index (Phi) is 11.3. The summed E-state index contributed by atoms with van der Waals surface area (Å²) in [5.74, 6) is 0.592. The molecule has 0 bridgehead atoms. The average molecular weight is 334 g/mol. The molecule has 1 N–H and O–H groups in total. The van der Waals surface area contributed by atoms with Crippen LogP contribution in [0.3, 0.4) is 0 Å². The fourth-order valence-electron chi connectivity index (χ4n) is 2.77. The van der Waals surface area contributed by atoms with E-state index in [0.29, 0.717) is 6.42 Å². The van der Waals surface area contributed by atoms with E-state index in [-0.39, 0.29) is 30.1 Å². The normalized spacial score (nSPS) is 15.3. The molecule has 1 rings (SSSR count). The zero-order chi connectivity index (χ0) is 15.7. The first-order valence-electron chi connectivity index (χ1n) is 8.27. The van der Waals surface area contributed by atoms with Crippen LogP contribution in [0, 0.1) is 5.92 Å². The maximum atomic E-state index is 12.3. The van der Waals surface area contributed by atoms with Crippen LogP contribution >= 0.6 is 12.4 Å². The van der Waals surface area contributed by atoms with Gasteiger partial charge in [0.2, 0.25) is 11.8 Å². The van der Waals surface area contributed by atoms with E-state index in [0.717, 1.165) is 58.3 Å². The molecule has 0 spiro atoms. The van der Waals surface area contributed by atoms with Crippen LogP contribution in [0.1, 0.15) is 45.4 Å². The molecular weight excluding hydrogens is 302 g/mol. The molecule has 130 valence electrons. The summed E-state index contributed by atoms with van der Waals surface area (Å²) in [6.45, 7) is 5.32. The third-order valence-corrected chi connectivity index (χ3v) is 4.24. The Bertz CT molecular complexity index is 331. The number of nitrogens with one attached hydrogen (secondary N) is 1. The number of nitrogens with zero attached hydrogens (tertiary/aromatic N) is 2. The van der Waals surface area contributed by atoms with E-state index in [1.54, 1.807) is 0 Å². The second-order valence-corrected chi connectivity index (χ2v) is 5.98. The molecule has 5 nitrogen and oxygen atoms in total. The number of carbonyl (C=O) groups excluding carboxylic acids is 2. The third-order valence-electron chi connectivity index (χ3n) is 4.24. The van der Waals surface area contributed by atoms with Gasteiger partial charge in [-0.05, 0) is 39.3 Å². The van der Waals surface area contributed by atoms with Crippen LogP contribution in [-0.4, -0.2) is 61.9 Å². The highest BCUT2D eigenvalue weighted by atomic mass is 35.5. The largest absolute Gasteiger partial charge is 0.346 e. The smallest absolute Gasteiger partial charge is 0.225 e. The van der Waals surface area contributed by atoms with Crippen molar-refractivity contribution in [1.29, 1.82) is 0 Å². The lowest BCUT2D eigenvalue weighted by Crippen LogP contribution is -2.43. The number of halogens is 1. The number of rotatable bonds is 8. The van der Waals surface area contributed by atoms with Crippen LogP contribution in [-0.2, 0) is 9.59 Å². The summed E-state index contributed by atoms with van der Waals surface area (Å²) in [5, 5.41) is 3.06. The Balaban J connectivity index is 0.00000441. The fraction of sp³-hybridized carbons (Fsp3) is 0.875. The maximum absolute atomic E-state index is 12.3. The third kappa shape index (κ3) is 6.97. The molecule has 0 aromatic carbocycles. The van der Waals surface area contributed by atoms with Gasteiger partial charge < -0.3 is 15.1 Å². The predicted octanol–water partition coefficient (Wildman–Crippen LogP) is 1.90. The van der Waals surface area contributed by atoms with Crippen molar-refractivity contribution in [2.75, 3.05) is 40.3 Å². The zero-order valence-electron chi connectivity index (χ0n) is 14.3. The highest BCUT2D eigenvalue weighted by Gasteiger charge is 2.28. The minimum Gasteiger partial charge on any atom is -0.346 e. The first kappa shape index (κ1) is 21.2. The average Bonchev–Trinajstić information content (AvgIpc) is 2.52. The summed E-state index contributed by atoms with van der Waals surface area (Å²) >= 11 is 0. The summed E-state index contributed by atoms with van der Waals surface area (Å²) in [7, 11) is 3.80. The fourth-order valence-corrected chi connectivity index (χ4v) is 2.77. The molecular formula is C16H32ClN3O2. The minimum absolute atomic E-state index is 0. The number of unbranched alkanes of at least 4 members (excludes halogenated alkanes) is 1. The lowest BCUT2D eigenvalue weighted by Gasteiger charge is -2.33. The van der Waals surface area contributed by atoms with Crippen molar-refractivity contribution in [3.63, 3.8) is 0 Å². The zero-order valence-corrected chi connectivity index (χ0v) is 15.1. The molecule has 0 aliphatic carbocycles. The SMILES string of the molecule is CCCCN(C)C(=O)C1CCN(C(=O)CCCNC)CC1.Cl. The molecule has 1 aliphatic rings. The van der Waals surface area contributed by atoms with E-state index in [2.05, 4.69) is 12.2 Å². The van der Waals surface area contributed by atoms with Gasteiger partial charge in [0, 0.05) is 39.0 Å². The number of piperidine rings is 1. The van der Waals surface area contributed by atoms with Crippen molar-refractivity contribution in [2.45, 2.75) is 45.4 Å². The summed E-state index contributed by atoms with van der Waals surface area (Å²) in [6, 6.07) is 0. The molecule has 0 saturated carbocycles. The summed E-state index contributed by atoms with van der Waals surface area (Å²) in [4.78, 5) is 28.1. The lowest BCUT2D eigenvalue weighted by atomic mass is 9.95. The number of hydrogen-bond donors (Lipinski definition) is 1. The number of amides is 2. The standard InChI is InChI=1S/C16H31N3O2.ClH/c1-4-5-11-18(3)16(21)14-8-12-19(13-9-14)15(20)7-6-10-17-2;/h14,17H,4-13H2,1-3H3;1H.